The van der Waals surface area contributed by atoms with Gasteiger partial charge in [-0.2, -0.15) is 0 Å². The third-order valence-electron chi connectivity index (χ3n) is 5.28. The van der Waals surface area contributed by atoms with Gasteiger partial charge in [-0.3, -0.25) is 9.59 Å². The molecule has 1 heterocycles. The van der Waals surface area contributed by atoms with Crippen LogP contribution >= 0.6 is 0 Å². The molecule has 0 bridgehead atoms. The molecular weight excluding hydrogens is 407 g/mol. The zero-order chi connectivity index (χ0) is 22.5. The molecule has 0 aliphatic carbocycles. The highest BCUT2D eigenvalue weighted by molar-refractivity contribution is 5.92. The van der Waals surface area contributed by atoms with Crippen LogP contribution in [0.1, 0.15) is 36.1 Å². The van der Waals surface area contributed by atoms with Crippen LogP contribution in [0.25, 0.3) is 6.08 Å². The molecule has 1 N–H and O–H groups in total. The Bertz CT molecular complexity index is 1160. The molecule has 6 heteroatoms. The van der Waals surface area contributed by atoms with Crippen LogP contribution in [0.5, 0.6) is 5.75 Å². The Labute approximate surface area is 186 Å². The summed E-state index contributed by atoms with van der Waals surface area (Å²) in [5.41, 5.74) is 3.38. The number of ether oxygens (including phenoxy) is 1. The molecule has 4 rings (SSSR count). The molecule has 0 spiro atoms. The first kappa shape index (κ1) is 21.3. The van der Waals surface area contributed by atoms with Crippen molar-refractivity contribution in [3.05, 3.63) is 102 Å². The molecule has 1 aliphatic rings. The summed E-state index contributed by atoms with van der Waals surface area (Å²) in [6.45, 7) is 1.78. The van der Waals surface area contributed by atoms with E-state index < -0.39 is 0 Å². The van der Waals surface area contributed by atoms with Gasteiger partial charge in [0.25, 0.3) is 0 Å². The van der Waals surface area contributed by atoms with Crippen LogP contribution in [0.4, 0.5) is 10.1 Å². The monoisotopic (exact) mass is 430 g/mol. The molecule has 0 saturated carbocycles. The van der Waals surface area contributed by atoms with Crippen molar-refractivity contribution in [1.82, 2.24) is 4.90 Å². The van der Waals surface area contributed by atoms with Crippen LogP contribution < -0.4 is 10.1 Å². The summed E-state index contributed by atoms with van der Waals surface area (Å²) >= 11 is 0. The molecule has 5 nitrogen and oxygen atoms in total. The third-order valence-corrected chi connectivity index (χ3v) is 5.28. The number of carbonyl (C=O) groups is 2. The Balaban J connectivity index is 1.42. The summed E-state index contributed by atoms with van der Waals surface area (Å²) in [6, 6.07) is 20.6. The van der Waals surface area contributed by atoms with Gasteiger partial charge in [0.15, 0.2) is 0 Å². The number of halogens is 1. The van der Waals surface area contributed by atoms with Crippen LogP contribution in [0.3, 0.4) is 0 Å². The van der Waals surface area contributed by atoms with Crippen molar-refractivity contribution >= 4 is 23.6 Å². The van der Waals surface area contributed by atoms with Crippen molar-refractivity contribution in [2.45, 2.75) is 26.0 Å². The van der Waals surface area contributed by atoms with Crippen LogP contribution in [0.15, 0.2) is 79.0 Å². The number of fused-ring (bicyclic) bond motifs is 1. The Morgan fingerprint density at radius 1 is 1.03 bits per heavy atom. The summed E-state index contributed by atoms with van der Waals surface area (Å²) in [5, 5.41) is 2.89. The van der Waals surface area contributed by atoms with Crippen LogP contribution in [-0.2, 0) is 16.2 Å². The van der Waals surface area contributed by atoms with Crippen molar-refractivity contribution in [2.75, 3.05) is 5.32 Å². The fraction of sp³-hybridized carbons (Fsp3) is 0.154. The fourth-order valence-electron chi connectivity index (χ4n) is 3.71. The van der Waals surface area contributed by atoms with E-state index in [4.69, 9.17) is 4.74 Å². The van der Waals surface area contributed by atoms with Crippen molar-refractivity contribution in [1.29, 1.82) is 0 Å². The van der Waals surface area contributed by atoms with Crippen LogP contribution in [-0.4, -0.2) is 16.7 Å². The maximum absolute atomic E-state index is 13.0. The number of anilines is 1. The second-order valence-corrected chi connectivity index (χ2v) is 7.58. The minimum atomic E-state index is -0.369. The second-order valence-electron chi connectivity index (χ2n) is 7.58. The number of nitrogens with one attached hydrogen (secondary N) is 1. The molecule has 0 unspecified atom stereocenters. The number of benzene rings is 3. The highest BCUT2D eigenvalue weighted by Crippen LogP contribution is 2.33. The van der Waals surface area contributed by atoms with E-state index in [0.717, 1.165) is 16.7 Å². The lowest BCUT2D eigenvalue weighted by Gasteiger charge is -2.32. The van der Waals surface area contributed by atoms with Crippen molar-refractivity contribution in [3.8, 4) is 5.75 Å². The van der Waals surface area contributed by atoms with E-state index in [1.807, 2.05) is 30.3 Å². The number of hydrogen-bond donors (Lipinski definition) is 1. The minimum Gasteiger partial charge on any atom is -0.489 e. The van der Waals surface area contributed by atoms with Crippen molar-refractivity contribution in [3.63, 3.8) is 0 Å². The van der Waals surface area contributed by atoms with E-state index in [-0.39, 0.29) is 36.7 Å². The molecule has 0 fully saturated rings. The molecule has 0 radical (unpaired) electrons. The molecular formula is C26H23FN2O3. The van der Waals surface area contributed by atoms with Gasteiger partial charge in [0, 0.05) is 24.9 Å². The first-order valence-electron chi connectivity index (χ1n) is 10.3. The van der Waals surface area contributed by atoms with Gasteiger partial charge in [0.1, 0.15) is 18.2 Å². The average Bonchev–Trinajstić information content (AvgIpc) is 2.79. The van der Waals surface area contributed by atoms with Gasteiger partial charge in [-0.1, -0.05) is 42.5 Å². The smallest absolute Gasteiger partial charge is 0.226 e. The van der Waals surface area contributed by atoms with E-state index in [2.05, 4.69) is 5.32 Å². The summed E-state index contributed by atoms with van der Waals surface area (Å²) in [4.78, 5) is 26.5. The number of carbonyl (C=O) groups excluding carboxylic acids is 2. The van der Waals surface area contributed by atoms with Gasteiger partial charge >= 0.3 is 0 Å². The molecule has 1 atom stereocenters. The maximum Gasteiger partial charge on any atom is 0.226 e. The Kier molecular flexibility index (Phi) is 6.31. The molecule has 0 aromatic heterocycles. The maximum atomic E-state index is 13.0. The third kappa shape index (κ3) is 5.03. The molecule has 3 aromatic rings. The normalized spacial score (nSPS) is 14.6. The summed E-state index contributed by atoms with van der Waals surface area (Å²) < 4.78 is 18.8. The first-order valence-corrected chi connectivity index (χ1v) is 10.3. The topological polar surface area (TPSA) is 58.6 Å². The largest absolute Gasteiger partial charge is 0.489 e. The summed E-state index contributed by atoms with van der Waals surface area (Å²) in [5.74, 6) is -0.0342. The van der Waals surface area contributed by atoms with E-state index >= 15 is 0 Å². The lowest BCUT2D eigenvalue weighted by molar-refractivity contribution is -0.129. The van der Waals surface area contributed by atoms with E-state index in [0.29, 0.717) is 11.4 Å². The predicted octanol–water partition coefficient (Wildman–Crippen LogP) is 5.31. The van der Waals surface area contributed by atoms with E-state index in [9.17, 15) is 14.0 Å². The minimum absolute atomic E-state index is 0.121. The van der Waals surface area contributed by atoms with E-state index in [1.54, 1.807) is 47.5 Å². The van der Waals surface area contributed by atoms with Crippen molar-refractivity contribution in [2.24, 2.45) is 0 Å². The Morgan fingerprint density at radius 2 is 1.81 bits per heavy atom. The Hall–Kier alpha value is -3.93. The summed E-state index contributed by atoms with van der Waals surface area (Å²) in [7, 11) is 0. The van der Waals surface area contributed by atoms with Gasteiger partial charge in [-0.25, -0.2) is 4.39 Å². The summed E-state index contributed by atoms with van der Waals surface area (Å²) in [6.07, 6.45) is 3.74. The van der Waals surface area contributed by atoms with Gasteiger partial charge in [-0.05, 0) is 47.0 Å². The lowest BCUT2D eigenvalue weighted by atomic mass is 9.93. The lowest BCUT2D eigenvalue weighted by Crippen LogP contribution is -2.33. The number of hydrogen-bond acceptors (Lipinski definition) is 3. The number of amides is 2. The molecule has 32 heavy (non-hydrogen) atoms. The number of nitrogens with zero attached hydrogens (tertiary/aromatic N) is 1. The quantitative estimate of drug-likeness (QED) is 0.577. The first-order chi connectivity index (χ1) is 15.5. The SMILES string of the molecule is CC(=O)N1C=Cc2ccccc2[C@@H]1CC(=O)Nc1cccc(OCc2ccc(F)cc2)c1. The standard InChI is InChI=1S/C26H23FN2O3/c1-18(30)29-14-13-20-5-2-3-8-24(20)25(29)16-26(31)28-22-6-4-7-23(15-22)32-17-19-9-11-21(27)12-10-19/h2-15,25H,16-17H2,1H3,(H,28,31)/t25-/m0/s1. The molecule has 0 saturated heterocycles. The zero-order valence-corrected chi connectivity index (χ0v) is 17.6. The highest BCUT2D eigenvalue weighted by atomic mass is 19.1. The molecule has 162 valence electrons. The van der Waals surface area contributed by atoms with Gasteiger partial charge in [-0.15, -0.1) is 0 Å². The second kappa shape index (κ2) is 9.47. The highest BCUT2D eigenvalue weighted by Gasteiger charge is 2.28. The predicted molar refractivity (Wildman–Crippen MR) is 121 cm³/mol. The number of rotatable bonds is 6. The van der Waals surface area contributed by atoms with E-state index in [1.165, 1.54) is 19.1 Å². The van der Waals surface area contributed by atoms with Crippen LogP contribution in [0, 0.1) is 5.82 Å². The molecule has 1 aliphatic heterocycles. The van der Waals surface area contributed by atoms with Gasteiger partial charge in [0.05, 0.1) is 12.5 Å². The Morgan fingerprint density at radius 3 is 2.59 bits per heavy atom. The molecule has 3 aromatic carbocycles. The zero-order valence-electron chi connectivity index (χ0n) is 17.6. The fourth-order valence-corrected chi connectivity index (χ4v) is 3.71. The molecule has 2 amide bonds. The van der Waals surface area contributed by atoms with Crippen LogP contribution in [0.2, 0.25) is 0 Å². The van der Waals surface area contributed by atoms with Gasteiger partial charge in [0.2, 0.25) is 11.8 Å². The van der Waals surface area contributed by atoms with Gasteiger partial charge < -0.3 is 15.0 Å². The average molecular weight is 430 g/mol. The van der Waals surface area contributed by atoms with Crippen molar-refractivity contribution < 1.29 is 18.7 Å².